The van der Waals surface area contributed by atoms with Gasteiger partial charge >= 0.3 is 0 Å². The van der Waals surface area contributed by atoms with Gasteiger partial charge in [-0.05, 0) is 13.0 Å². The molecule has 132 valence electrons. The molecule has 10 nitrogen and oxygen atoms in total. The first-order valence-corrected chi connectivity index (χ1v) is 8.25. The van der Waals surface area contributed by atoms with Gasteiger partial charge in [0.25, 0.3) is 0 Å². The molecule has 0 aliphatic carbocycles. The zero-order valence-corrected chi connectivity index (χ0v) is 13.4. The van der Waals surface area contributed by atoms with Gasteiger partial charge in [0.15, 0.2) is 12.4 Å². The molecule has 0 radical (unpaired) electrons. The van der Waals surface area contributed by atoms with E-state index in [0.717, 1.165) is 0 Å². The molecule has 24 heavy (non-hydrogen) atoms. The summed E-state index contributed by atoms with van der Waals surface area (Å²) in [7, 11) is -2.28. The molecule has 1 saturated heterocycles. The monoisotopic (exact) mass is 362 g/mol. The quantitative estimate of drug-likeness (QED) is 0.332. The number of anilines is 1. The molecule has 2 aromatic rings. The van der Waals surface area contributed by atoms with Crippen molar-refractivity contribution in [1.82, 2.24) is 14.5 Å². The average Bonchev–Trinajstić information content (AvgIpc) is 3.07. The SMILES string of the molecule is CC1(O)[C@@H](F)[C@@H](OOP(O)CO)O[C@H]1n1ccc2c(N)ncnc21. The molecule has 2 aromatic heterocycles. The van der Waals surface area contributed by atoms with E-state index in [1.54, 1.807) is 6.07 Å². The van der Waals surface area contributed by atoms with E-state index in [2.05, 4.69) is 19.5 Å². The predicted molar refractivity (Wildman–Crippen MR) is 79.8 cm³/mol. The summed E-state index contributed by atoms with van der Waals surface area (Å²) >= 11 is 0. The Hall–Kier alpha value is -1.46. The summed E-state index contributed by atoms with van der Waals surface area (Å²) in [6, 6.07) is 1.61. The largest absolute Gasteiger partial charge is 0.387 e. The second-order valence-corrected chi connectivity index (χ2v) is 6.50. The Bertz CT molecular complexity index is 731. The number of nitrogen functional groups attached to an aromatic ring is 1. The zero-order chi connectivity index (χ0) is 17.5. The fourth-order valence-electron chi connectivity index (χ4n) is 2.46. The third-order valence-electron chi connectivity index (χ3n) is 3.70. The van der Waals surface area contributed by atoms with Gasteiger partial charge in [-0.25, -0.2) is 14.4 Å². The van der Waals surface area contributed by atoms with Crippen LogP contribution in [-0.4, -0.2) is 54.1 Å². The summed E-state index contributed by atoms with van der Waals surface area (Å²) in [5, 5.41) is 19.7. The number of hydrogen-bond acceptors (Lipinski definition) is 9. The molecule has 0 aromatic carbocycles. The Morgan fingerprint density at radius 3 is 3.00 bits per heavy atom. The molecule has 0 bridgehead atoms. The van der Waals surface area contributed by atoms with Crippen molar-refractivity contribution in [2.75, 3.05) is 12.1 Å². The van der Waals surface area contributed by atoms with Crippen molar-refractivity contribution >= 4 is 25.2 Å². The van der Waals surface area contributed by atoms with Gasteiger partial charge in [-0.15, -0.1) is 0 Å². The average molecular weight is 362 g/mol. The molecule has 2 unspecified atom stereocenters. The molecular formula is C12H16FN4O6P. The van der Waals surface area contributed by atoms with Crippen molar-refractivity contribution in [3.63, 3.8) is 0 Å². The first-order valence-electron chi connectivity index (χ1n) is 6.86. The normalized spacial score (nSPS) is 31.6. The van der Waals surface area contributed by atoms with Crippen molar-refractivity contribution in [3.05, 3.63) is 18.6 Å². The first kappa shape index (κ1) is 17.4. The van der Waals surface area contributed by atoms with Crippen LogP contribution in [0.25, 0.3) is 11.0 Å². The van der Waals surface area contributed by atoms with Crippen LogP contribution >= 0.6 is 8.38 Å². The molecule has 5 atom stereocenters. The Morgan fingerprint density at radius 1 is 1.54 bits per heavy atom. The van der Waals surface area contributed by atoms with Gasteiger partial charge in [-0.3, -0.25) is 0 Å². The van der Waals surface area contributed by atoms with Crippen LogP contribution in [0.1, 0.15) is 13.2 Å². The number of halogens is 1. The number of aromatic nitrogens is 3. The Kier molecular flexibility index (Phi) is 4.67. The van der Waals surface area contributed by atoms with E-state index in [0.29, 0.717) is 11.0 Å². The lowest BCUT2D eigenvalue weighted by Gasteiger charge is -2.26. The minimum Gasteiger partial charge on any atom is -0.387 e. The Labute approximate surface area is 136 Å². The highest BCUT2D eigenvalue weighted by Gasteiger charge is 2.56. The molecule has 1 aliphatic rings. The fraction of sp³-hybridized carbons (Fsp3) is 0.500. The van der Waals surface area contributed by atoms with E-state index in [1.165, 1.54) is 24.0 Å². The summed E-state index contributed by atoms with van der Waals surface area (Å²) in [5.74, 6) is 0.234. The number of nitrogens with two attached hydrogens (primary N) is 1. The maximum absolute atomic E-state index is 14.5. The van der Waals surface area contributed by atoms with E-state index in [4.69, 9.17) is 20.5 Å². The third kappa shape index (κ3) is 2.84. The predicted octanol–water partition coefficient (Wildman–Crippen LogP) is 0.160. The Balaban J connectivity index is 1.88. The van der Waals surface area contributed by atoms with Crippen LogP contribution < -0.4 is 5.73 Å². The number of aliphatic hydroxyl groups is 2. The molecule has 12 heteroatoms. The number of fused-ring (bicyclic) bond motifs is 1. The highest BCUT2D eigenvalue weighted by Crippen LogP contribution is 2.43. The van der Waals surface area contributed by atoms with E-state index < -0.39 is 39.0 Å². The summed E-state index contributed by atoms with van der Waals surface area (Å²) in [5.41, 5.74) is 4.12. The van der Waals surface area contributed by atoms with E-state index in [1.807, 2.05) is 0 Å². The van der Waals surface area contributed by atoms with E-state index >= 15 is 0 Å². The first-order chi connectivity index (χ1) is 11.4. The molecule has 1 aliphatic heterocycles. The second kappa shape index (κ2) is 6.45. The van der Waals surface area contributed by atoms with Crippen LogP contribution in [0.15, 0.2) is 18.6 Å². The van der Waals surface area contributed by atoms with Gasteiger partial charge in [0, 0.05) is 6.20 Å². The van der Waals surface area contributed by atoms with Crippen molar-refractivity contribution < 1.29 is 33.8 Å². The van der Waals surface area contributed by atoms with Crippen molar-refractivity contribution in [1.29, 1.82) is 0 Å². The molecule has 0 spiro atoms. The number of hydrogen-bond donors (Lipinski definition) is 4. The van der Waals surface area contributed by atoms with Crippen LogP contribution in [0, 0.1) is 0 Å². The summed E-state index contributed by atoms with van der Waals surface area (Å²) < 4.78 is 25.7. The van der Waals surface area contributed by atoms with Gasteiger partial charge < -0.3 is 30.1 Å². The lowest BCUT2D eigenvalue weighted by atomic mass is 10.0. The molecule has 0 saturated carbocycles. The van der Waals surface area contributed by atoms with Crippen LogP contribution in [0.2, 0.25) is 0 Å². The van der Waals surface area contributed by atoms with E-state index in [9.17, 15) is 9.50 Å². The maximum Gasteiger partial charge on any atom is 0.232 e. The summed E-state index contributed by atoms with van der Waals surface area (Å²) in [4.78, 5) is 21.7. The zero-order valence-electron chi connectivity index (χ0n) is 12.5. The van der Waals surface area contributed by atoms with E-state index in [-0.39, 0.29) is 5.82 Å². The van der Waals surface area contributed by atoms with Crippen LogP contribution in [-0.2, 0) is 14.3 Å². The lowest BCUT2D eigenvalue weighted by Crippen LogP contribution is -2.41. The van der Waals surface area contributed by atoms with Gasteiger partial charge in [0.2, 0.25) is 14.7 Å². The molecule has 5 N–H and O–H groups in total. The number of nitrogens with zero attached hydrogens (tertiary/aromatic N) is 3. The minimum absolute atomic E-state index is 0.234. The minimum atomic E-state index is -2.28. The van der Waals surface area contributed by atoms with Crippen LogP contribution in [0.4, 0.5) is 10.2 Å². The smallest absolute Gasteiger partial charge is 0.232 e. The molecule has 0 amide bonds. The Morgan fingerprint density at radius 2 is 2.29 bits per heavy atom. The molecule has 3 rings (SSSR count). The lowest BCUT2D eigenvalue weighted by molar-refractivity contribution is -0.327. The summed E-state index contributed by atoms with van der Waals surface area (Å²) in [6.45, 7) is 1.23. The number of alkyl halides is 1. The third-order valence-corrected chi connectivity index (χ3v) is 4.20. The number of ether oxygens (including phenoxy) is 1. The molecular weight excluding hydrogens is 346 g/mol. The standard InChI is InChI=1S/C12H16FN4O6P/c1-12(19)7(13)10(22-23-24(20)5-18)21-11(12)17-3-2-6-8(14)15-4-16-9(6)17/h2-4,7,10-11,18-20H,5H2,1H3,(H2,14,15,16)/t7-,10+,11+,12?,24?/m0/s1. The van der Waals surface area contributed by atoms with Crippen molar-refractivity contribution in [3.8, 4) is 0 Å². The molecule has 1 fully saturated rings. The van der Waals surface area contributed by atoms with Crippen molar-refractivity contribution in [2.24, 2.45) is 0 Å². The topological polar surface area (TPSA) is 145 Å². The van der Waals surface area contributed by atoms with Gasteiger partial charge in [-0.1, -0.05) is 0 Å². The number of aliphatic hydroxyl groups excluding tert-OH is 1. The highest BCUT2D eigenvalue weighted by molar-refractivity contribution is 7.45. The van der Waals surface area contributed by atoms with Crippen LogP contribution in [0.3, 0.4) is 0 Å². The summed E-state index contributed by atoms with van der Waals surface area (Å²) in [6.07, 6.45) is -2.70. The highest BCUT2D eigenvalue weighted by atomic mass is 31.2. The van der Waals surface area contributed by atoms with Gasteiger partial charge in [0.1, 0.15) is 29.7 Å². The maximum atomic E-state index is 14.5. The van der Waals surface area contributed by atoms with Crippen LogP contribution in [0.5, 0.6) is 0 Å². The van der Waals surface area contributed by atoms with Gasteiger partial charge in [-0.2, -0.15) is 9.56 Å². The second-order valence-electron chi connectivity index (χ2n) is 5.37. The fourth-order valence-corrected chi connectivity index (χ4v) is 2.69. The molecule has 3 heterocycles. The van der Waals surface area contributed by atoms with Gasteiger partial charge in [0.05, 0.1) is 5.39 Å². The number of rotatable bonds is 5. The van der Waals surface area contributed by atoms with Crippen molar-refractivity contribution in [2.45, 2.75) is 31.2 Å².